The van der Waals surface area contributed by atoms with Crippen LogP contribution in [0.1, 0.15) is 47.2 Å². The summed E-state index contributed by atoms with van der Waals surface area (Å²) in [6, 6.07) is 11.1. The predicted molar refractivity (Wildman–Crippen MR) is 119 cm³/mol. The standard InChI is InChI=1S/C24H23F3N4O4/c1-34-19(32)12-14-9-10-28-18(11-14)17-8-7-16(13-29-17)30-22(33)20-21(24(25,26)27)35-23(31-20)15-5-3-2-4-6-15/h2-8,13-14,18,28H,9-12H2,1H3,(H,30,33). The van der Waals surface area contributed by atoms with Crippen molar-refractivity contribution in [2.45, 2.75) is 31.5 Å². The van der Waals surface area contributed by atoms with Crippen LogP contribution in [-0.4, -0.2) is 35.5 Å². The number of methoxy groups -OCH3 is 1. The Hall–Kier alpha value is -3.73. The lowest BCUT2D eigenvalue weighted by atomic mass is 9.88. The van der Waals surface area contributed by atoms with Crippen molar-refractivity contribution < 1.29 is 31.9 Å². The van der Waals surface area contributed by atoms with Crippen molar-refractivity contribution in [1.29, 1.82) is 0 Å². The number of esters is 1. The zero-order chi connectivity index (χ0) is 25.0. The Bertz CT molecular complexity index is 1180. The van der Waals surface area contributed by atoms with Crippen LogP contribution in [0.2, 0.25) is 0 Å². The van der Waals surface area contributed by atoms with Gasteiger partial charge in [0, 0.05) is 18.0 Å². The summed E-state index contributed by atoms with van der Waals surface area (Å²) < 4.78 is 50.2. The first-order chi connectivity index (χ1) is 16.7. The third-order valence-electron chi connectivity index (χ3n) is 5.72. The van der Waals surface area contributed by atoms with E-state index in [4.69, 9.17) is 9.15 Å². The average Bonchev–Trinajstić information content (AvgIpc) is 3.32. The largest absolute Gasteiger partial charge is 0.469 e. The Balaban J connectivity index is 1.48. The molecule has 1 saturated heterocycles. The average molecular weight is 488 g/mol. The summed E-state index contributed by atoms with van der Waals surface area (Å²) in [5, 5.41) is 5.74. The molecule has 2 aromatic heterocycles. The topological polar surface area (TPSA) is 106 Å². The summed E-state index contributed by atoms with van der Waals surface area (Å²) >= 11 is 0. The highest BCUT2D eigenvalue weighted by molar-refractivity contribution is 6.03. The number of carbonyl (C=O) groups excluding carboxylic acids is 2. The lowest BCUT2D eigenvalue weighted by Crippen LogP contribution is -2.33. The second kappa shape index (κ2) is 10.3. The van der Waals surface area contributed by atoms with E-state index < -0.39 is 23.5 Å². The molecule has 0 aliphatic carbocycles. The molecule has 4 rings (SSSR count). The summed E-state index contributed by atoms with van der Waals surface area (Å²) in [5.41, 5.74) is 0.355. The minimum Gasteiger partial charge on any atom is -0.469 e. The number of piperidine rings is 1. The van der Waals surface area contributed by atoms with Gasteiger partial charge in [0.1, 0.15) is 0 Å². The number of hydrogen-bond donors (Lipinski definition) is 2. The number of rotatable bonds is 6. The highest BCUT2D eigenvalue weighted by atomic mass is 19.4. The van der Waals surface area contributed by atoms with Crippen LogP contribution in [0.3, 0.4) is 0 Å². The zero-order valence-electron chi connectivity index (χ0n) is 18.8. The van der Waals surface area contributed by atoms with E-state index in [1.807, 2.05) is 0 Å². The molecule has 3 aromatic rings. The molecule has 0 spiro atoms. The molecule has 3 heterocycles. The van der Waals surface area contributed by atoms with E-state index in [1.54, 1.807) is 30.3 Å². The van der Waals surface area contributed by atoms with Gasteiger partial charge in [-0.15, -0.1) is 0 Å². The molecule has 2 N–H and O–H groups in total. The summed E-state index contributed by atoms with van der Waals surface area (Å²) in [6.45, 7) is 0.711. The Kier molecular flexibility index (Phi) is 7.15. The number of hydrogen-bond acceptors (Lipinski definition) is 7. The van der Waals surface area contributed by atoms with Gasteiger partial charge in [-0.25, -0.2) is 4.98 Å². The van der Waals surface area contributed by atoms with Gasteiger partial charge in [-0.3, -0.25) is 14.6 Å². The van der Waals surface area contributed by atoms with Crippen LogP contribution < -0.4 is 10.6 Å². The Morgan fingerprint density at radius 1 is 1.20 bits per heavy atom. The molecule has 1 aromatic carbocycles. The monoisotopic (exact) mass is 488 g/mol. The van der Waals surface area contributed by atoms with Crippen LogP contribution in [0.5, 0.6) is 0 Å². The van der Waals surface area contributed by atoms with Crippen molar-refractivity contribution in [3.63, 3.8) is 0 Å². The summed E-state index contributed by atoms with van der Waals surface area (Å²) in [5.74, 6) is -2.94. The maximum atomic E-state index is 13.5. The third-order valence-corrected chi connectivity index (χ3v) is 5.72. The summed E-state index contributed by atoms with van der Waals surface area (Å²) in [6.07, 6.45) is -1.69. The Labute approximate surface area is 198 Å². The number of oxazole rings is 1. The molecule has 35 heavy (non-hydrogen) atoms. The molecule has 2 atom stereocenters. The van der Waals surface area contributed by atoms with Gasteiger partial charge in [0.25, 0.3) is 5.91 Å². The van der Waals surface area contributed by atoms with Gasteiger partial charge in [0.05, 0.1) is 24.7 Å². The lowest BCUT2D eigenvalue weighted by molar-refractivity contribution is -0.153. The van der Waals surface area contributed by atoms with Gasteiger partial charge >= 0.3 is 12.1 Å². The normalized spacial score (nSPS) is 18.2. The summed E-state index contributed by atoms with van der Waals surface area (Å²) in [4.78, 5) is 32.4. The van der Waals surface area contributed by atoms with E-state index in [1.165, 1.54) is 25.4 Å². The van der Waals surface area contributed by atoms with Crippen LogP contribution in [-0.2, 0) is 15.7 Å². The number of benzene rings is 1. The van der Waals surface area contributed by atoms with Gasteiger partial charge in [-0.05, 0) is 49.6 Å². The zero-order valence-corrected chi connectivity index (χ0v) is 18.8. The maximum absolute atomic E-state index is 13.5. The van der Waals surface area contributed by atoms with Crippen LogP contribution in [0.15, 0.2) is 53.1 Å². The van der Waals surface area contributed by atoms with Crippen molar-refractivity contribution in [2.75, 3.05) is 19.0 Å². The molecule has 8 nitrogen and oxygen atoms in total. The van der Waals surface area contributed by atoms with E-state index >= 15 is 0 Å². The van der Waals surface area contributed by atoms with Gasteiger partial charge < -0.3 is 19.8 Å². The third kappa shape index (κ3) is 5.86. The Morgan fingerprint density at radius 2 is 1.97 bits per heavy atom. The molecule has 1 aliphatic rings. The number of nitrogens with one attached hydrogen (secondary N) is 2. The number of aromatic nitrogens is 2. The van der Waals surface area contributed by atoms with Gasteiger partial charge in [-0.2, -0.15) is 13.2 Å². The van der Waals surface area contributed by atoms with Gasteiger partial charge in [0.15, 0.2) is 5.69 Å². The fourth-order valence-electron chi connectivity index (χ4n) is 3.97. The van der Waals surface area contributed by atoms with E-state index in [0.29, 0.717) is 30.6 Å². The van der Waals surface area contributed by atoms with Crippen LogP contribution in [0.4, 0.5) is 18.9 Å². The van der Waals surface area contributed by atoms with E-state index in [2.05, 4.69) is 20.6 Å². The first-order valence-electron chi connectivity index (χ1n) is 11.0. The van der Waals surface area contributed by atoms with Crippen molar-refractivity contribution >= 4 is 17.6 Å². The number of amides is 1. The number of alkyl halides is 3. The molecule has 184 valence electrons. The van der Waals surface area contributed by atoms with Crippen molar-refractivity contribution in [1.82, 2.24) is 15.3 Å². The van der Waals surface area contributed by atoms with E-state index in [-0.39, 0.29) is 29.5 Å². The second-order valence-electron chi connectivity index (χ2n) is 8.16. The van der Waals surface area contributed by atoms with E-state index in [0.717, 1.165) is 6.42 Å². The minimum absolute atomic E-state index is 0.0936. The first kappa shape index (κ1) is 24.4. The molecule has 11 heteroatoms. The Morgan fingerprint density at radius 3 is 2.63 bits per heavy atom. The fourth-order valence-corrected chi connectivity index (χ4v) is 3.97. The molecule has 1 amide bonds. The molecule has 1 aliphatic heterocycles. The van der Waals surface area contributed by atoms with Crippen LogP contribution in [0.25, 0.3) is 11.5 Å². The number of halogens is 3. The number of carbonyl (C=O) groups is 2. The molecular weight excluding hydrogens is 465 g/mol. The van der Waals surface area contributed by atoms with Gasteiger partial charge in [-0.1, -0.05) is 18.2 Å². The summed E-state index contributed by atoms with van der Waals surface area (Å²) in [7, 11) is 1.36. The van der Waals surface area contributed by atoms with Crippen LogP contribution in [0, 0.1) is 5.92 Å². The minimum atomic E-state index is -4.90. The van der Waals surface area contributed by atoms with Crippen molar-refractivity contribution in [2.24, 2.45) is 5.92 Å². The number of ether oxygens (including phenoxy) is 1. The fraction of sp³-hybridized carbons (Fsp3) is 0.333. The molecule has 1 fully saturated rings. The predicted octanol–water partition coefficient (Wildman–Crippen LogP) is 4.61. The number of nitrogens with zero attached hydrogens (tertiary/aromatic N) is 2. The molecule has 0 saturated carbocycles. The highest BCUT2D eigenvalue weighted by Gasteiger charge is 2.42. The second-order valence-corrected chi connectivity index (χ2v) is 8.16. The number of anilines is 1. The smallest absolute Gasteiger partial charge is 0.452 e. The van der Waals surface area contributed by atoms with Crippen molar-refractivity contribution in [3.05, 3.63) is 65.8 Å². The number of pyridine rings is 1. The highest BCUT2D eigenvalue weighted by Crippen LogP contribution is 2.35. The van der Waals surface area contributed by atoms with Crippen LogP contribution >= 0.6 is 0 Å². The first-order valence-corrected chi connectivity index (χ1v) is 11.0. The molecule has 0 radical (unpaired) electrons. The maximum Gasteiger partial charge on any atom is 0.452 e. The van der Waals surface area contributed by atoms with Gasteiger partial charge in [0.2, 0.25) is 11.7 Å². The molecular formula is C24H23F3N4O4. The quantitative estimate of drug-likeness (QED) is 0.488. The lowest BCUT2D eigenvalue weighted by Gasteiger charge is -2.29. The molecule has 2 unspecified atom stereocenters. The van der Waals surface area contributed by atoms with Crippen molar-refractivity contribution in [3.8, 4) is 11.5 Å². The molecule has 0 bridgehead atoms. The van der Waals surface area contributed by atoms with E-state index in [9.17, 15) is 22.8 Å². The SMILES string of the molecule is COC(=O)CC1CCNC(c2ccc(NC(=O)c3nc(-c4ccccc4)oc3C(F)(F)F)cn2)C1.